The summed E-state index contributed by atoms with van der Waals surface area (Å²) in [4.78, 5) is 2.49. The summed E-state index contributed by atoms with van der Waals surface area (Å²) < 4.78 is 0. The molecule has 1 aliphatic heterocycles. The lowest BCUT2D eigenvalue weighted by molar-refractivity contribution is 0.0950. The van der Waals surface area contributed by atoms with Crippen molar-refractivity contribution < 1.29 is 0 Å². The van der Waals surface area contributed by atoms with Gasteiger partial charge in [-0.05, 0) is 19.3 Å². The van der Waals surface area contributed by atoms with Crippen molar-refractivity contribution in [2.24, 2.45) is 5.92 Å². The van der Waals surface area contributed by atoms with Gasteiger partial charge in [-0.2, -0.15) is 0 Å². The van der Waals surface area contributed by atoms with Gasteiger partial charge in [-0.15, -0.1) is 6.42 Å². The molecule has 0 aromatic rings. The Kier molecular flexibility index (Phi) is 5.31. The van der Waals surface area contributed by atoms with Gasteiger partial charge in [0.2, 0.25) is 0 Å². The molecule has 2 heteroatoms. The molecule has 0 aromatic carbocycles. The summed E-state index contributed by atoms with van der Waals surface area (Å²) in [6, 6.07) is 1.47. The molecule has 0 radical (unpaired) electrons. The van der Waals surface area contributed by atoms with Crippen molar-refractivity contribution in [2.45, 2.75) is 58.7 Å². The zero-order valence-electron chi connectivity index (χ0n) is 11.2. The molecule has 0 aromatic heterocycles. The van der Waals surface area contributed by atoms with Crippen LogP contribution >= 0.6 is 0 Å². The summed E-state index contributed by atoms with van der Waals surface area (Å²) in [6.45, 7) is 11.2. The van der Waals surface area contributed by atoms with Crippen molar-refractivity contribution in [3.8, 4) is 12.3 Å². The molecule has 0 spiro atoms. The molecule has 1 rings (SSSR count). The fourth-order valence-corrected chi connectivity index (χ4v) is 2.46. The molecule has 4 unspecified atom stereocenters. The van der Waals surface area contributed by atoms with Crippen molar-refractivity contribution in [1.29, 1.82) is 0 Å². The van der Waals surface area contributed by atoms with Crippen LogP contribution in [0.15, 0.2) is 0 Å². The Morgan fingerprint density at radius 1 is 1.44 bits per heavy atom. The number of terminal acetylenes is 1. The highest BCUT2D eigenvalue weighted by Crippen LogP contribution is 2.18. The lowest BCUT2D eigenvalue weighted by atomic mass is 9.94. The first-order chi connectivity index (χ1) is 7.63. The summed E-state index contributed by atoms with van der Waals surface area (Å²) in [5, 5.41) is 3.64. The van der Waals surface area contributed by atoms with Gasteiger partial charge in [-0.1, -0.05) is 33.1 Å². The zero-order valence-corrected chi connectivity index (χ0v) is 11.2. The maximum absolute atomic E-state index is 5.62. The quantitative estimate of drug-likeness (QED) is 0.733. The van der Waals surface area contributed by atoms with Crippen LogP contribution in [-0.4, -0.2) is 36.1 Å². The van der Waals surface area contributed by atoms with Gasteiger partial charge in [0.15, 0.2) is 0 Å². The number of nitrogens with zero attached hydrogens (tertiary/aromatic N) is 1. The standard InChI is InChI=1S/C14H26N2/c1-6-11(4)14-10-16(12(5)9-15-14)13(7-2)8-3/h2,11-15H,6,8-10H2,1,3-5H3. The first-order valence-corrected chi connectivity index (χ1v) is 6.59. The van der Waals surface area contributed by atoms with Crippen LogP contribution in [0.3, 0.4) is 0 Å². The topological polar surface area (TPSA) is 15.3 Å². The van der Waals surface area contributed by atoms with E-state index in [1.54, 1.807) is 0 Å². The van der Waals surface area contributed by atoms with Gasteiger partial charge in [-0.3, -0.25) is 4.90 Å². The van der Waals surface area contributed by atoms with Crippen molar-refractivity contribution in [1.82, 2.24) is 10.2 Å². The normalized spacial score (nSPS) is 30.7. The Morgan fingerprint density at radius 3 is 2.62 bits per heavy atom. The van der Waals surface area contributed by atoms with Crippen molar-refractivity contribution in [3.63, 3.8) is 0 Å². The number of rotatable bonds is 4. The fourth-order valence-electron chi connectivity index (χ4n) is 2.46. The monoisotopic (exact) mass is 222 g/mol. The summed E-state index contributed by atoms with van der Waals surface area (Å²) in [6.07, 6.45) is 7.90. The second-order valence-corrected chi connectivity index (χ2v) is 5.04. The molecular weight excluding hydrogens is 196 g/mol. The zero-order chi connectivity index (χ0) is 12.1. The molecule has 0 amide bonds. The minimum atomic E-state index is 0.309. The average Bonchev–Trinajstić information content (AvgIpc) is 2.32. The third-order valence-corrected chi connectivity index (χ3v) is 3.96. The van der Waals surface area contributed by atoms with Crippen molar-refractivity contribution in [3.05, 3.63) is 0 Å². The Labute approximate surface area is 101 Å². The second kappa shape index (κ2) is 6.27. The molecule has 1 fully saturated rings. The van der Waals surface area contributed by atoms with E-state index in [0.29, 0.717) is 18.1 Å². The molecule has 1 N–H and O–H groups in total. The first kappa shape index (κ1) is 13.5. The molecule has 4 atom stereocenters. The van der Waals surface area contributed by atoms with Crippen LogP contribution < -0.4 is 5.32 Å². The molecule has 1 aliphatic rings. The van der Waals surface area contributed by atoms with Gasteiger partial charge in [-0.25, -0.2) is 0 Å². The smallest absolute Gasteiger partial charge is 0.0712 e. The molecule has 0 aliphatic carbocycles. The van der Waals surface area contributed by atoms with Gasteiger partial charge >= 0.3 is 0 Å². The van der Waals surface area contributed by atoms with E-state index in [-0.39, 0.29) is 0 Å². The van der Waals surface area contributed by atoms with E-state index in [1.165, 1.54) is 6.42 Å². The van der Waals surface area contributed by atoms with Crippen LogP contribution in [-0.2, 0) is 0 Å². The van der Waals surface area contributed by atoms with Crippen LogP contribution in [0.4, 0.5) is 0 Å². The van der Waals surface area contributed by atoms with E-state index in [9.17, 15) is 0 Å². The highest BCUT2D eigenvalue weighted by Gasteiger charge is 2.30. The van der Waals surface area contributed by atoms with E-state index in [2.05, 4.69) is 43.8 Å². The van der Waals surface area contributed by atoms with Crippen LogP contribution in [0.1, 0.15) is 40.5 Å². The third-order valence-electron chi connectivity index (χ3n) is 3.96. The number of nitrogens with one attached hydrogen (secondary N) is 1. The number of piperazine rings is 1. The third kappa shape index (κ3) is 2.99. The minimum absolute atomic E-state index is 0.309. The van der Waals surface area contributed by atoms with Gasteiger partial charge in [0.05, 0.1) is 6.04 Å². The maximum atomic E-state index is 5.62. The van der Waals surface area contributed by atoms with E-state index in [0.717, 1.165) is 25.4 Å². The Bertz CT molecular complexity index is 244. The van der Waals surface area contributed by atoms with Gasteiger partial charge < -0.3 is 5.32 Å². The lowest BCUT2D eigenvalue weighted by Crippen LogP contribution is -2.59. The lowest BCUT2D eigenvalue weighted by Gasteiger charge is -2.43. The summed E-state index contributed by atoms with van der Waals surface area (Å²) in [5.74, 6) is 3.65. The van der Waals surface area contributed by atoms with Crippen LogP contribution in [0, 0.1) is 18.3 Å². The van der Waals surface area contributed by atoms with Crippen LogP contribution in [0.5, 0.6) is 0 Å². The molecule has 0 bridgehead atoms. The molecular formula is C14H26N2. The van der Waals surface area contributed by atoms with E-state index in [1.807, 2.05) is 0 Å². The Hall–Kier alpha value is -0.520. The van der Waals surface area contributed by atoms with Crippen LogP contribution in [0.25, 0.3) is 0 Å². The van der Waals surface area contributed by atoms with E-state index >= 15 is 0 Å². The predicted molar refractivity (Wildman–Crippen MR) is 70.3 cm³/mol. The fraction of sp³-hybridized carbons (Fsp3) is 0.857. The Morgan fingerprint density at radius 2 is 2.12 bits per heavy atom. The number of hydrogen-bond acceptors (Lipinski definition) is 2. The largest absolute Gasteiger partial charge is 0.311 e. The van der Waals surface area contributed by atoms with Crippen molar-refractivity contribution >= 4 is 0 Å². The summed E-state index contributed by atoms with van der Waals surface area (Å²) >= 11 is 0. The van der Waals surface area contributed by atoms with Gasteiger partial charge in [0.25, 0.3) is 0 Å². The first-order valence-electron chi connectivity index (χ1n) is 6.59. The minimum Gasteiger partial charge on any atom is -0.311 e. The van der Waals surface area contributed by atoms with Crippen LogP contribution in [0.2, 0.25) is 0 Å². The molecule has 16 heavy (non-hydrogen) atoms. The van der Waals surface area contributed by atoms with Gasteiger partial charge in [0, 0.05) is 25.2 Å². The molecule has 92 valence electrons. The molecule has 2 nitrogen and oxygen atoms in total. The molecule has 0 saturated carbocycles. The number of hydrogen-bond donors (Lipinski definition) is 1. The Balaban J connectivity index is 2.65. The van der Waals surface area contributed by atoms with E-state index in [4.69, 9.17) is 6.42 Å². The average molecular weight is 222 g/mol. The molecule has 1 saturated heterocycles. The SMILES string of the molecule is C#CC(CC)N1CC(C(C)CC)NCC1C. The van der Waals surface area contributed by atoms with Crippen molar-refractivity contribution in [2.75, 3.05) is 13.1 Å². The molecule has 1 heterocycles. The summed E-state index contributed by atoms with van der Waals surface area (Å²) in [5.41, 5.74) is 0. The summed E-state index contributed by atoms with van der Waals surface area (Å²) in [7, 11) is 0. The highest BCUT2D eigenvalue weighted by atomic mass is 15.2. The second-order valence-electron chi connectivity index (χ2n) is 5.04. The maximum Gasteiger partial charge on any atom is 0.0712 e. The van der Waals surface area contributed by atoms with Gasteiger partial charge in [0.1, 0.15) is 0 Å². The predicted octanol–water partition coefficient (Wildman–Crippen LogP) is 2.11. The van der Waals surface area contributed by atoms with E-state index < -0.39 is 0 Å². The highest BCUT2D eigenvalue weighted by molar-refractivity contribution is 5.03.